The van der Waals surface area contributed by atoms with Gasteiger partial charge in [-0.15, -0.1) is 0 Å². The standard InChI is InChI=1S/C15H25N3O3/c1-5-12(19)18-8-6-11(7-9-18)14(20)17-13(10(2)3)15(21)16-4/h5,10-11,13H,1,6-9H2,2-4H3,(H,16,21)(H,17,20)/t13-/m0/s1. The molecule has 6 nitrogen and oxygen atoms in total. The number of rotatable bonds is 5. The highest BCUT2D eigenvalue weighted by Crippen LogP contribution is 2.18. The summed E-state index contributed by atoms with van der Waals surface area (Å²) in [5, 5.41) is 5.39. The molecular weight excluding hydrogens is 270 g/mol. The highest BCUT2D eigenvalue weighted by Gasteiger charge is 2.30. The summed E-state index contributed by atoms with van der Waals surface area (Å²) in [7, 11) is 1.56. The van der Waals surface area contributed by atoms with Gasteiger partial charge in [-0.2, -0.15) is 0 Å². The Kier molecular flexibility index (Phi) is 6.39. The lowest BCUT2D eigenvalue weighted by atomic mass is 9.94. The maximum atomic E-state index is 12.3. The molecule has 0 saturated carbocycles. The second-order valence-electron chi connectivity index (χ2n) is 5.65. The van der Waals surface area contributed by atoms with E-state index in [1.54, 1.807) is 11.9 Å². The number of piperidine rings is 1. The lowest BCUT2D eigenvalue weighted by Crippen LogP contribution is -2.51. The van der Waals surface area contributed by atoms with E-state index in [1.807, 2.05) is 13.8 Å². The highest BCUT2D eigenvalue weighted by molar-refractivity contribution is 5.89. The van der Waals surface area contributed by atoms with Crippen molar-refractivity contribution in [2.24, 2.45) is 11.8 Å². The number of nitrogens with one attached hydrogen (secondary N) is 2. The van der Waals surface area contributed by atoms with Crippen LogP contribution in [0.2, 0.25) is 0 Å². The summed E-state index contributed by atoms with van der Waals surface area (Å²) in [5.41, 5.74) is 0. The smallest absolute Gasteiger partial charge is 0.245 e. The van der Waals surface area contributed by atoms with Crippen LogP contribution in [0.25, 0.3) is 0 Å². The summed E-state index contributed by atoms with van der Waals surface area (Å²) < 4.78 is 0. The summed E-state index contributed by atoms with van der Waals surface area (Å²) in [4.78, 5) is 37.2. The van der Waals surface area contributed by atoms with Gasteiger partial charge in [-0.3, -0.25) is 14.4 Å². The Morgan fingerprint density at radius 3 is 2.24 bits per heavy atom. The van der Waals surface area contributed by atoms with Gasteiger partial charge in [0.25, 0.3) is 0 Å². The van der Waals surface area contributed by atoms with Crippen LogP contribution in [0.5, 0.6) is 0 Å². The van der Waals surface area contributed by atoms with Crippen molar-refractivity contribution in [1.29, 1.82) is 0 Å². The van der Waals surface area contributed by atoms with Crippen LogP contribution in [0, 0.1) is 11.8 Å². The lowest BCUT2D eigenvalue weighted by molar-refractivity contribution is -0.134. The summed E-state index contributed by atoms with van der Waals surface area (Å²) >= 11 is 0. The summed E-state index contributed by atoms with van der Waals surface area (Å²) in [6.45, 7) is 8.35. The number of amides is 3. The molecule has 6 heteroatoms. The molecule has 1 atom stereocenters. The monoisotopic (exact) mass is 295 g/mol. The quantitative estimate of drug-likeness (QED) is 0.716. The maximum Gasteiger partial charge on any atom is 0.245 e. The second-order valence-corrected chi connectivity index (χ2v) is 5.65. The molecule has 3 amide bonds. The zero-order valence-corrected chi connectivity index (χ0v) is 13.0. The molecule has 0 spiro atoms. The van der Waals surface area contributed by atoms with Gasteiger partial charge in [-0.1, -0.05) is 20.4 Å². The van der Waals surface area contributed by atoms with Crippen LogP contribution in [0.3, 0.4) is 0 Å². The van der Waals surface area contributed by atoms with E-state index in [1.165, 1.54) is 6.08 Å². The zero-order valence-electron chi connectivity index (χ0n) is 13.0. The van der Waals surface area contributed by atoms with Gasteiger partial charge in [0.05, 0.1) is 0 Å². The fourth-order valence-corrected chi connectivity index (χ4v) is 2.45. The first kappa shape index (κ1) is 17.2. The molecule has 0 aromatic heterocycles. The molecular formula is C15H25N3O3. The molecule has 21 heavy (non-hydrogen) atoms. The molecule has 1 rings (SSSR count). The van der Waals surface area contributed by atoms with Crippen LogP contribution in [0.4, 0.5) is 0 Å². The first-order valence-electron chi connectivity index (χ1n) is 7.34. The molecule has 1 aliphatic rings. The van der Waals surface area contributed by atoms with E-state index >= 15 is 0 Å². The molecule has 2 N–H and O–H groups in total. The van der Waals surface area contributed by atoms with Gasteiger partial charge in [0, 0.05) is 26.1 Å². The van der Waals surface area contributed by atoms with Crippen molar-refractivity contribution in [3.8, 4) is 0 Å². The van der Waals surface area contributed by atoms with Crippen molar-refractivity contribution in [3.05, 3.63) is 12.7 Å². The third kappa shape index (κ3) is 4.58. The zero-order chi connectivity index (χ0) is 16.0. The van der Waals surface area contributed by atoms with Gasteiger partial charge in [-0.25, -0.2) is 0 Å². The van der Waals surface area contributed by atoms with Crippen LogP contribution in [-0.4, -0.2) is 48.8 Å². The van der Waals surface area contributed by atoms with Crippen LogP contribution >= 0.6 is 0 Å². The largest absolute Gasteiger partial charge is 0.357 e. The number of hydrogen-bond donors (Lipinski definition) is 2. The average molecular weight is 295 g/mol. The van der Waals surface area contributed by atoms with Crippen LogP contribution in [0.1, 0.15) is 26.7 Å². The third-order valence-electron chi connectivity index (χ3n) is 3.85. The Balaban J connectivity index is 2.55. The molecule has 0 bridgehead atoms. The molecule has 0 radical (unpaired) electrons. The van der Waals surface area contributed by atoms with Crippen molar-refractivity contribution in [2.75, 3.05) is 20.1 Å². The first-order chi connectivity index (χ1) is 9.90. The van der Waals surface area contributed by atoms with Gasteiger partial charge in [0.1, 0.15) is 6.04 Å². The Bertz CT molecular complexity index is 412. The topological polar surface area (TPSA) is 78.5 Å². The minimum absolute atomic E-state index is 0.0244. The van der Waals surface area contributed by atoms with Crippen molar-refractivity contribution < 1.29 is 14.4 Å². The second kappa shape index (κ2) is 7.81. The highest BCUT2D eigenvalue weighted by atomic mass is 16.2. The first-order valence-corrected chi connectivity index (χ1v) is 7.34. The van der Waals surface area contributed by atoms with Gasteiger partial charge >= 0.3 is 0 Å². The third-order valence-corrected chi connectivity index (χ3v) is 3.85. The lowest BCUT2D eigenvalue weighted by Gasteiger charge is -2.31. The number of likely N-dealkylation sites (N-methyl/N-ethyl adjacent to an activating group) is 1. The fraction of sp³-hybridized carbons (Fsp3) is 0.667. The van der Waals surface area contributed by atoms with Gasteiger partial charge < -0.3 is 15.5 Å². The molecule has 0 aromatic rings. The number of nitrogens with zero attached hydrogens (tertiary/aromatic N) is 1. The van der Waals surface area contributed by atoms with E-state index in [0.717, 1.165) is 0 Å². The maximum absolute atomic E-state index is 12.3. The normalized spacial score (nSPS) is 17.2. The Labute approximate surface area is 125 Å². The predicted octanol–water partition coefficient (Wildman–Crippen LogP) is 0.298. The minimum atomic E-state index is -0.518. The summed E-state index contributed by atoms with van der Waals surface area (Å²) in [6.07, 6.45) is 2.52. The molecule has 118 valence electrons. The van der Waals surface area contributed by atoms with Crippen LogP contribution < -0.4 is 10.6 Å². The summed E-state index contributed by atoms with van der Waals surface area (Å²) in [6, 6.07) is -0.518. The van der Waals surface area contributed by atoms with Gasteiger partial charge in [0.2, 0.25) is 17.7 Å². The van der Waals surface area contributed by atoms with Crippen molar-refractivity contribution in [1.82, 2.24) is 15.5 Å². The van der Waals surface area contributed by atoms with Crippen molar-refractivity contribution in [2.45, 2.75) is 32.7 Å². The Hall–Kier alpha value is -1.85. The fourth-order valence-electron chi connectivity index (χ4n) is 2.45. The molecule has 1 saturated heterocycles. The molecule has 1 fully saturated rings. The number of hydrogen-bond acceptors (Lipinski definition) is 3. The van der Waals surface area contributed by atoms with Gasteiger partial charge in [-0.05, 0) is 24.8 Å². The number of carbonyl (C=O) groups excluding carboxylic acids is 3. The van der Waals surface area contributed by atoms with E-state index < -0.39 is 6.04 Å². The molecule has 1 aliphatic heterocycles. The SMILES string of the molecule is C=CC(=O)N1CCC(C(=O)N[C@H](C(=O)NC)C(C)C)CC1. The van der Waals surface area contributed by atoms with Crippen molar-refractivity contribution >= 4 is 17.7 Å². The van der Waals surface area contributed by atoms with E-state index in [4.69, 9.17) is 0 Å². The average Bonchev–Trinajstić information content (AvgIpc) is 2.50. The molecule has 0 unspecified atom stereocenters. The van der Waals surface area contributed by atoms with Crippen LogP contribution in [0.15, 0.2) is 12.7 Å². The van der Waals surface area contributed by atoms with E-state index in [9.17, 15) is 14.4 Å². The Morgan fingerprint density at radius 1 is 1.24 bits per heavy atom. The number of likely N-dealkylation sites (tertiary alicyclic amines) is 1. The van der Waals surface area contributed by atoms with E-state index in [-0.39, 0.29) is 29.6 Å². The van der Waals surface area contributed by atoms with E-state index in [0.29, 0.717) is 25.9 Å². The predicted molar refractivity (Wildman–Crippen MR) is 80.3 cm³/mol. The van der Waals surface area contributed by atoms with Crippen molar-refractivity contribution in [3.63, 3.8) is 0 Å². The molecule has 1 heterocycles. The molecule has 0 aliphatic carbocycles. The van der Waals surface area contributed by atoms with E-state index in [2.05, 4.69) is 17.2 Å². The summed E-state index contributed by atoms with van der Waals surface area (Å²) in [5.74, 6) is -0.513. The Morgan fingerprint density at radius 2 is 1.81 bits per heavy atom. The van der Waals surface area contributed by atoms with Crippen LogP contribution in [-0.2, 0) is 14.4 Å². The van der Waals surface area contributed by atoms with Gasteiger partial charge in [0.15, 0.2) is 0 Å². The number of carbonyl (C=O) groups is 3. The molecule has 0 aromatic carbocycles. The minimum Gasteiger partial charge on any atom is -0.357 e.